The van der Waals surface area contributed by atoms with Crippen LogP contribution in [0.4, 0.5) is 5.69 Å². The summed E-state index contributed by atoms with van der Waals surface area (Å²) >= 11 is 0. The van der Waals surface area contributed by atoms with Gasteiger partial charge in [-0.3, -0.25) is 19.3 Å². The van der Waals surface area contributed by atoms with Crippen molar-refractivity contribution in [1.82, 2.24) is 0 Å². The fraction of sp³-hybridized carbons (Fsp3) is 0.471. The summed E-state index contributed by atoms with van der Waals surface area (Å²) in [6.07, 6.45) is 1.30. The van der Waals surface area contributed by atoms with Gasteiger partial charge in [0.1, 0.15) is 6.10 Å². The van der Waals surface area contributed by atoms with Crippen LogP contribution in [0, 0.1) is 23.7 Å². The lowest BCUT2D eigenvalue weighted by atomic mass is 9.79. The maximum atomic E-state index is 12.8. The summed E-state index contributed by atoms with van der Waals surface area (Å²) in [6, 6.07) is 9.06. The van der Waals surface area contributed by atoms with E-state index in [2.05, 4.69) is 0 Å². The molecule has 2 saturated carbocycles. The quantitative estimate of drug-likeness (QED) is 0.616. The Bertz CT molecular complexity index is 656. The third-order valence-corrected chi connectivity index (χ3v) is 5.29. The number of ether oxygens (including phenoxy) is 1. The first-order chi connectivity index (χ1) is 10.6. The summed E-state index contributed by atoms with van der Waals surface area (Å²) < 4.78 is 5.36. The van der Waals surface area contributed by atoms with Gasteiger partial charge in [0.15, 0.2) is 0 Å². The van der Waals surface area contributed by atoms with Gasteiger partial charge in [-0.15, -0.1) is 0 Å². The van der Waals surface area contributed by atoms with Gasteiger partial charge in [0.25, 0.3) is 0 Å². The molecule has 0 aromatic heterocycles. The molecular formula is C17H17NO4. The van der Waals surface area contributed by atoms with Crippen molar-refractivity contribution < 1.29 is 19.1 Å². The van der Waals surface area contributed by atoms with Gasteiger partial charge in [-0.2, -0.15) is 0 Å². The summed E-state index contributed by atoms with van der Waals surface area (Å²) in [5.74, 6) is -0.944. The number of benzene rings is 1. The standard InChI is InChI=1S/C17H17NO4/c1-9(19)22-13-8-10-7-12(13)15-14(10)16(20)18(17(15)21)11-5-3-2-4-6-11/h2-6,10,12-15H,7-8H2,1H3. The molecule has 1 saturated heterocycles. The van der Waals surface area contributed by atoms with Crippen LogP contribution in [0.5, 0.6) is 0 Å². The number of carbonyl (C=O) groups excluding carboxylic acids is 3. The monoisotopic (exact) mass is 299 g/mol. The average Bonchev–Trinajstić information content (AvgIpc) is 3.11. The van der Waals surface area contributed by atoms with Crippen molar-refractivity contribution in [2.45, 2.75) is 25.9 Å². The number of carbonyl (C=O) groups is 3. The van der Waals surface area contributed by atoms with E-state index in [1.165, 1.54) is 11.8 Å². The molecule has 1 heterocycles. The number of imide groups is 1. The van der Waals surface area contributed by atoms with Gasteiger partial charge in [0.2, 0.25) is 11.8 Å². The van der Waals surface area contributed by atoms with Crippen LogP contribution in [0.1, 0.15) is 19.8 Å². The zero-order valence-corrected chi connectivity index (χ0v) is 12.3. The maximum absolute atomic E-state index is 12.8. The smallest absolute Gasteiger partial charge is 0.302 e. The van der Waals surface area contributed by atoms with E-state index in [1.807, 2.05) is 18.2 Å². The highest BCUT2D eigenvalue weighted by molar-refractivity contribution is 6.22. The second kappa shape index (κ2) is 4.66. The molecule has 1 aromatic rings. The molecule has 5 heteroatoms. The second-order valence-corrected chi connectivity index (χ2v) is 6.44. The Morgan fingerprint density at radius 3 is 2.45 bits per heavy atom. The van der Waals surface area contributed by atoms with Crippen molar-refractivity contribution in [1.29, 1.82) is 0 Å². The predicted octanol–water partition coefficient (Wildman–Crippen LogP) is 1.76. The van der Waals surface area contributed by atoms with E-state index >= 15 is 0 Å². The number of amides is 2. The fourth-order valence-electron chi connectivity index (χ4n) is 4.58. The lowest BCUT2D eigenvalue weighted by Gasteiger charge is -2.27. The molecule has 0 spiro atoms. The molecule has 2 bridgehead atoms. The molecule has 0 radical (unpaired) electrons. The third-order valence-electron chi connectivity index (χ3n) is 5.29. The van der Waals surface area contributed by atoms with Crippen molar-refractivity contribution in [3.05, 3.63) is 30.3 Å². The minimum atomic E-state index is -0.323. The van der Waals surface area contributed by atoms with Gasteiger partial charge in [-0.25, -0.2) is 0 Å². The first-order valence-electron chi connectivity index (χ1n) is 7.68. The summed E-state index contributed by atoms with van der Waals surface area (Å²) in [5, 5.41) is 0. The number of para-hydroxylation sites is 1. The molecule has 22 heavy (non-hydrogen) atoms. The van der Waals surface area contributed by atoms with E-state index in [0.717, 1.165) is 6.42 Å². The van der Waals surface area contributed by atoms with Crippen LogP contribution in [-0.2, 0) is 19.1 Å². The van der Waals surface area contributed by atoms with E-state index in [0.29, 0.717) is 12.1 Å². The molecule has 3 aliphatic rings. The highest BCUT2D eigenvalue weighted by atomic mass is 16.5. The number of fused-ring (bicyclic) bond motifs is 5. The molecule has 1 aromatic carbocycles. The Balaban J connectivity index is 1.65. The van der Waals surface area contributed by atoms with Crippen LogP contribution in [0.15, 0.2) is 30.3 Å². The topological polar surface area (TPSA) is 63.7 Å². The SMILES string of the molecule is CC(=O)OC1CC2CC1C1C(=O)N(c3ccccc3)C(=O)C21. The molecule has 5 nitrogen and oxygen atoms in total. The molecule has 1 aliphatic heterocycles. The number of esters is 1. The molecule has 4 rings (SSSR count). The van der Waals surface area contributed by atoms with Crippen molar-refractivity contribution in [2.75, 3.05) is 4.90 Å². The van der Waals surface area contributed by atoms with Crippen molar-refractivity contribution in [3.63, 3.8) is 0 Å². The molecule has 5 unspecified atom stereocenters. The van der Waals surface area contributed by atoms with E-state index in [-0.39, 0.29) is 47.6 Å². The highest BCUT2D eigenvalue weighted by Gasteiger charge is 2.64. The zero-order chi connectivity index (χ0) is 15.4. The van der Waals surface area contributed by atoms with Gasteiger partial charge >= 0.3 is 5.97 Å². The van der Waals surface area contributed by atoms with Crippen molar-refractivity contribution in [2.24, 2.45) is 23.7 Å². The summed E-state index contributed by atoms with van der Waals surface area (Å²) in [6.45, 7) is 1.39. The molecule has 0 N–H and O–H groups in total. The number of hydrogen-bond donors (Lipinski definition) is 0. The average molecular weight is 299 g/mol. The van der Waals surface area contributed by atoms with Crippen LogP contribution in [0.3, 0.4) is 0 Å². The normalized spacial score (nSPS) is 35.9. The Morgan fingerprint density at radius 2 is 1.77 bits per heavy atom. The predicted molar refractivity (Wildman–Crippen MR) is 77.7 cm³/mol. The third kappa shape index (κ3) is 1.74. The van der Waals surface area contributed by atoms with Gasteiger partial charge in [-0.05, 0) is 30.9 Å². The summed E-state index contributed by atoms with van der Waals surface area (Å²) in [7, 11) is 0. The second-order valence-electron chi connectivity index (χ2n) is 6.44. The molecule has 3 fully saturated rings. The van der Waals surface area contributed by atoms with E-state index in [1.54, 1.807) is 12.1 Å². The molecule has 2 amide bonds. The van der Waals surface area contributed by atoms with Crippen LogP contribution in [-0.4, -0.2) is 23.9 Å². The molecule has 5 atom stereocenters. The number of nitrogens with zero attached hydrogens (tertiary/aromatic N) is 1. The lowest BCUT2D eigenvalue weighted by Crippen LogP contribution is -2.36. The van der Waals surface area contributed by atoms with Crippen LogP contribution in [0.2, 0.25) is 0 Å². The fourth-order valence-corrected chi connectivity index (χ4v) is 4.58. The van der Waals surface area contributed by atoms with E-state index < -0.39 is 0 Å². The molecule has 114 valence electrons. The largest absolute Gasteiger partial charge is 0.462 e. The minimum Gasteiger partial charge on any atom is -0.462 e. The van der Waals surface area contributed by atoms with Crippen LogP contribution in [0.25, 0.3) is 0 Å². The van der Waals surface area contributed by atoms with E-state index in [4.69, 9.17) is 4.74 Å². The first kappa shape index (κ1) is 13.5. The summed E-state index contributed by atoms with van der Waals surface area (Å²) in [4.78, 5) is 38.0. The van der Waals surface area contributed by atoms with Crippen molar-refractivity contribution in [3.8, 4) is 0 Å². The van der Waals surface area contributed by atoms with Gasteiger partial charge in [0, 0.05) is 12.8 Å². The van der Waals surface area contributed by atoms with Crippen LogP contribution >= 0.6 is 0 Å². The summed E-state index contributed by atoms with van der Waals surface area (Å²) in [5.41, 5.74) is 0.635. The zero-order valence-electron chi connectivity index (χ0n) is 12.3. The van der Waals surface area contributed by atoms with Crippen molar-refractivity contribution >= 4 is 23.5 Å². The first-order valence-corrected chi connectivity index (χ1v) is 7.68. The Morgan fingerprint density at radius 1 is 1.09 bits per heavy atom. The van der Waals surface area contributed by atoms with Gasteiger partial charge in [0.05, 0.1) is 17.5 Å². The Kier molecular flexibility index (Phi) is 2.86. The molecule has 2 aliphatic carbocycles. The molecular weight excluding hydrogens is 282 g/mol. The maximum Gasteiger partial charge on any atom is 0.302 e. The number of rotatable bonds is 2. The highest BCUT2D eigenvalue weighted by Crippen LogP contribution is 2.57. The number of hydrogen-bond acceptors (Lipinski definition) is 4. The van der Waals surface area contributed by atoms with Crippen LogP contribution < -0.4 is 4.90 Å². The van der Waals surface area contributed by atoms with Gasteiger partial charge < -0.3 is 4.74 Å². The Labute approximate surface area is 128 Å². The minimum absolute atomic E-state index is 0.0101. The van der Waals surface area contributed by atoms with Gasteiger partial charge in [-0.1, -0.05) is 18.2 Å². The number of anilines is 1. The lowest BCUT2D eigenvalue weighted by molar-refractivity contribution is -0.151. The van der Waals surface area contributed by atoms with E-state index in [9.17, 15) is 14.4 Å². The Hall–Kier alpha value is -2.17.